The third-order valence-corrected chi connectivity index (χ3v) is 4.21. The van der Waals surface area contributed by atoms with E-state index in [2.05, 4.69) is 12.2 Å². The molecule has 0 aromatic heterocycles. The largest absolute Gasteiger partial charge is 0.481 e. The van der Waals surface area contributed by atoms with E-state index in [9.17, 15) is 9.59 Å². The number of carboxylic acids is 1. The number of carboxylic acid groups (broad SMARTS) is 1. The zero-order chi connectivity index (χ0) is 17.7. The van der Waals surface area contributed by atoms with Crippen molar-refractivity contribution in [1.29, 1.82) is 0 Å². The molecule has 0 saturated carbocycles. The average molecular weight is 335 g/mol. The minimum atomic E-state index is -1.03. The van der Waals surface area contributed by atoms with Crippen LogP contribution < -0.4 is 10.1 Å². The number of benzene rings is 1. The highest BCUT2D eigenvalue weighted by Crippen LogP contribution is 2.25. The van der Waals surface area contributed by atoms with Crippen molar-refractivity contribution in [3.8, 4) is 5.75 Å². The predicted octanol–water partition coefficient (Wildman–Crippen LogP) is 2.31. The van der Waals surface area contributed by atoms with E-state index in [0.29, 0.717) is 23.8 Å². The average Bonchev–Trinajstić information content (AvgIpc) is 2.51. The normalized spacial score (nSPS) is 20.5. The van der Waals surface area contributed by atoms with E-state index in [1.165, 1.54) is 0 Å². The molecule has 2 atom stereocenters. The monoisotopic (exact) mass is 335 g/mol. The number of ether oxygens (including phenoxy) is 2. The number of hydrogen-bond donors (Lipinski definition) is 2. The van der Waals surface area contributed by atoms with Crippen molar-refractivity contribution in [3.63, 3.8) is 0 Å². The van der Waals surface area contributed by atoms with Crippen molar-refractivity contribution >= 4 is 11.9 Å². The number of rotatable bonds is 6. The molecule has 6 nitrogen and oxygen atoms in total. The molecule has 0 bridgehead atoms. The first-order valence-corrected chi connectivity index (χ1v) is 8.22. The maximum absolute atomic E-state index is 12.4. The van der Waals surface area contributed by atoms with Crippen molar-refractivity contribution in [2.45, 2.75) is 39.7 Å². The molecule has 0 unspecified atom stereocenters. The minimum Gasteiger partial charge on any atom is -0.481 e. The molecule has 132 valence electrons. The van der Waals surface area contributed by atoms with Crippen LogP contribution in [0, 0.1) is 19.8 Å². The van der Waals surface area contributed by atoms with Gasteiger partial charge in [0.05, 0.1) is 6.10 Å². The van der Waals surface area contributed by atoms with Gasteiger partial charge in [0.1, 0.15) is 5.75 Å². The molecule has 2 N–H and O–H groups in total. The van der Waals surface area contributed by atoms with Gasteiger partial charge in [-0.1, -0.05) is 0 Å². The van der Waals surface area contributed by atoms with E-state index in [-0.39, 0.29) is 12.0 Å². The summed E-state index contributed by atoms with van der Waals surface area (Å²) in [6, 6.07) is 3.46. The zero-order valence-corrected chi connectivity index (χ0v) is 14.4. The van der Waals surface area contributed by atoms with E-state index < -0.39 is 12.6 Å². The Hall–Kier alpha value is -2.08. The van der Waals surface area contributed by atoms with Gasteiger partial charge in [0.25, 0.3) is 5.91 Å². The molecule has 2 rings (SSSR count). The maximum atomic E-state index is 12.4. The highest BCUT2D eigenvalue weighted by molar-refractivity contribution is 5.94. The topological polar surface area (TPSA) is 84.9 Å². The van der Waals surface area contributed by atoms with Gasteiger partial charge in [-0.15, -0.1) is 0 Å². The highest BCUT2D eigenvalue weighted by Gasteiger charge is 2.20. The maximum Gasteiger partial charge on any atom is 0.341 e. The predicted molar refractivity (Wildman–Crippen MR) is 89.5 cm³/mol. The Kier molecular flexibility index (Phi) is 6.20. The lowest BCUT2D eigenvalue weighted by atomic mass is 9.96. The van der Waals surface area contributed by atoms with E-state index in [1.54, 1.807) is 26.0 Å². The van der Waals surface area contributed by atoms with E-state index >= 15 is 0 Å². The van der Waals surface area contributed by atoms with Gasteiger partial charge in [-0.25, -0.2) is 4.79 Å². The third kappa shape index (κ3) is 4.96. The molecule has 1 heterocycles. The molecule has 1 amide bonds. The van der Waals surface area contributed by atoms with E-state index in [1.807, 2.05) is 0 Å². The van der Waals surface area contributed by atoms with Crippen LogP contribution in [0.1, 0.15) is 41.3 Å². The van der Waals surface area contributed by atoms with Crippen molar-refractivity contribution < 1.29 is 24.2 Å². The molecule has 1 fully saturated rings. The Bertz CT molecular complexity index is 590. The summed E-state index contributed by atoms with van der Waals surface area (Å²) in [5, 5.41) is 11.7. The number of amides is 1. The Balaban J connectivity index is 1.98. The summed E-state index contributed by atoms with van der Waals surface area (Å²) in [7, 11) is 0. The fourth-order valence-electron chi connectivity index (χ4n) is 3.06. The lowest BCUT2D eigenvalue weighted by Crippen LogP contribution is -2.34. The van der Waals surface area contributed by atoms with Crippen molar-refractivity contribution in [3.05, 3.63) is 28.8 Å². The summed E-state index contributed by atoms with van der Waals surface area (Å²) < 4.78 is 10.8. The van der Waals surface area contributed by atoms with Crippen LogP contribution in [-0.4, -0.2) is 42.8 Å². The summed E-state index contributed by atoms with van der Waals surface area (Å²) in [5.41, 5.74) is 2.06. The first-order valence-electron chi connectivity index (χ1n) is 8.22. The molecule has 0 spiro atoms. The van der Waals surface area contributed by atoms with E-state index in [0.717, 1.165) is 30.6 Å². The van der Waals surface area contributed by atoms with Crippen molar-refractivity contribution in [2.24, 2.45) is 5.92 Å². The summed E-state index contributed by atoms with van der Waals surface area (Å²) in [5.74, 6) is -0.184. The van der Waals surface area contributed by atoms with Crippen LogP contribution in [0.15, 0.2) is 12.1 Å². The first kappa shape index (κ1) is 18.3. The van der Waals surface area contributed by atoms with Crippen LogP contribution in [0.5, 0.6) is 5.75 Å². The molecular weight excluding hydrogens is 310 g/mol. The van der Waals surface area contributed by atoms with E-state index in [4.69, 9.17) is 14.6 Å². The van der Waals surface area contributed by atoms with Crippen LogP contribution in [0.2, 0.25) is 0 Å². The Morgan fingerprint density at radius 1 is 1.33 bits per heavy atom. The second-order valence-electron chi connectivity index (χ2n) is 6.40. The van der Waals surface area contributed by atoms with Gasteiger partial charge >= 0.3 is 5.97 Å². The lowest BCUT2D eigenvalue weighted by molar-refractivity contribution is -0.139. The molecular formula is C18H25NO5. The number of aliphatic carboxylic acids is 1. The van der Waals surface area contributed by atoms with Crippen LogP contribution in [0.4, 0.5) is 0 Å². The number of aryl methyl sites for hydroxylation is 2. The summed E-state index contributed by atoms with van der Waals surface area (Å²) >= 11 is 0. The van der Waals surface area contributed by atoms with Gasteiger partial charge in [-0.3, -0.25) is 4.79 Å². The number of hydrogen-bond acceptors (Lipinski definition) is 4. The minimum absolute atomic E-state index is 0.120. The lowest BCUT2D eigenvalue weighted by Gasteiger charge is -2.27. The second kappa shape index (κ2) is 8.15. The summed E-state index contributed by atoms with van der Waals surface area (Å²) in [6.45, 7) is 6.66. The molecule has 1 aliphatic rings. The molecule has 0 aliphatic carbocycles. The molecule has 1 saturated heterocycles. The number of carbonyl (C=O) groups excluding carboxylic acids is 1. The van der Waals surface area contributed by atoms with Gasteiger partial charge in [-0.2, -0.15) is 0 Å². The first-order chi connectivity index (χ1) is 11.4. The smallest absolute Gasteiger partial charge is 0.341 e. The molecule has 24 heavy (non-hydrogen) atoms. The Morgan fingerprint density at radius 2 is 2.00 bits per heavy atom. The fraction of sp³-hybridized carbons (Fsp3) is 0.556. The molecule has 1 aromatic rings. The number of nitrogens with one attached hydrogen (secondary N) is 1. The highest BCUT2D eigenvalue weighted by atomic mass is 16.5. The van der Waals surface area contributed by atoms with Crippen LogP contribution in [0.3, 0.4) is 0 Å². The van der Waals surface area contributed by atoms with Gasteiger partial charge in [0.15, 0.2) is 6.61 Å². The summed E-state index contributed by atoms with van der Waals surface area (Å²) in [6.07, 6.45) is 2.17. The molecule has 0 radical (unpaired) electrons. The van der Waals surface area contributed by atoms with Crippen LogP contribution in [0.25, 0.3) is 0 Å². The quantitative estimate of drug-likeness (QED) is 0.833. The summed E-state index contributed by atoms with van der Waals surface area (Å²) in [4.78, 5) is 23.0. The second-order valence-corrected chi connectivity index (χ2v) is 6.40. The molecule has 6 heteroatoms. The standard InChI is InChI=1S/C18H25NO5/c1-11-6-15(7-12(2)17(11)24-10-16(20)21)18(22)19-9-14-4-5-23-13(3)8-14/h6-7,13-14H,4-5,8-10H2,1-3H3,(H,19,22)(H,20,21)/t13-,14-/m1/s1. The van der Waals surface area contributed by atoms with Gasteiger partial charge in [0.2, 0.25) is 0 Å². The van der Waals surface area contributed by atoms with Crippen molar-refractivity contribution in [1.82, 2.24) is 5.32 Å². The van der Waals surface area contributed by atoms with Crippen LogP contribution in [-0.2, 0) is 9.53 Å². The van der Waals surface area contributed by atoms with Gasteiger partial charge in [-0.05, 0) is 62.8 Å². The number of carbonyl (C=O) groups is 2. The molecule has 1 aliphatic heterocycles. The Morgan fingerprint density at radius 3 is 2.58 bits per heavy atom. The van der Waals surface area contributed by atoms with Gasteiger partial charge in [0, 0.05) is 18.7 Å². The zero-order valence-electron chi connectivity index (χ0n) is 14.4. The van der Waals surface area contributed by atoms with Gasteiger partial charge < -0.3 is 19.9 Å². The Labute approximate surface area is 142 Å². The van der Waals surface area contributed by atoms with Crippen molar-refractivity contribution in [2.75, 3.05) is 19.8 Å². The fourth-order valence-corrected chi connectivity index (χ4v) is 3.06. The van der Waals surface area contributed by atoms with Crippen LogP contribution >= 0.6 is 0 Å². The SMILES string of the molecule is Cc1cc(C(=O)NC[C@@H]2CCO[C@H](C)C2)cc(C)c1OCC(=O)O. The molecule has 1 aromatic carbocycles. The third-order valence-electron chi connectivity index (χ3n) is 4.21.